The van der Waals surface area contributed by atoms with Crippen LogP contribution in [0.15, 0.2) is 35.9 Å². The van der Waals surface area contributed by atoms with Crippen LogP contribution in [0.25, 0.3) is 0 Å². The van der Waals surface area contributed by atoms with E-state index in [2.05, 4.69) is 10.8 Å². The smallest absolute Gasteiger partial charge is 0.215 e. The Morgan fingerprint density at radius 3 is 2.84 bits per heavy atom. The van der Waals surface area contributed by atoms with E-state index in [-0.39, 0.29) is 5.75 Å². The van der Waals surface area contributed by atoms with Crippen molar-refractivity contribution in [3.8, 4) is 0 Å². The van der Waals surface area contributed by atoms with Gasteiger partial charge in [-0.25, -0.2) is 13.1 Å². The number of rotatable bonds is 6. The van der Waals surface area contributed by atoms with E-state index in [0.29, 0.717) is 17.8 Å². The number of hydrogen-bond donors (Lipinski definition) is 2. The van der Waals surface area contributed by atoms with Crippen LogP contribution in [0.2, 0.25) is 0 Å². The first-order chi connectivity index (χ1) is 9.05. The molecule has 0 saturated heterocycles. The number of nitrogens with two attached hydrogens (primary N) is 1. The standard InChI is InChI=1S/C14H20N2O2S/c15-14-7-3-6-13(10-14)11-19(17,18)16-9-8-12-4-1-2-5-12/h3-4,6-7,10,16H,1-2,5,8-9,11,15H2. The van der Waals surface area contributed by atoms with Gasteiger partial charge < -0.3 is 5.73 Å². The maximum atomic E-state index is 11.9. The van der Waals surface area contributed by atoms with Crippen LogP contribution in [0.1, 0.15) is 31.2 Å². The lowest BCUT2D eigenvalue weighted by Crippen LogP contribution is -2.26. The van der Waals surface area contributed by atoms with Crippen LogP contribution in [0.3, 0.4) is 0 Å². The van der Waals surface area contributed by atoms with Gasteiger partial charge in [-0.3, -0.25) is 0 Å². The Bertz CT molecular complexity index is 565. The summed E-state index contributed by atoms with van der Waals surface area (Å²) in [6.45, 7) is 0.483. The van der Waals surface area contributed by atoms with Gasteiger partial charge in [-0.05, 0) is 43.4 Å². The van der Waals surface area contributed by atoms with Crippen LogP contribution in [0.5, 0.6) is 0 Å². The van der Waals surface area contributed by atoms with E-state index in [4.69, 9.17) is 5.73 Å². The van der Waals surface area contributed by atoms with Crippen molar-refractivity contribution in [2.75, 3.05) is 12.3 Å². The first kappa shape index (κ1) is 14.1. The molecular weight excluding hydrogens is 260 g/mol. The number of sulfonamides is 1. The molecule has 0 amide bonds. The third kappa shape index (κ3) is 4.69. The van der Waals surface area contributed by atoms with E-state index < -0.39 is 10.0 Å². The summed E-state index contributed by atoms with van der Waals surface area (Å²) in [6, 6.07) is 6.98. The van der Waals surface area contributed by atoms with Gasteiger partial charge in [0.05, 0.1) is 5.75 Å². The molecule has 0 aliphatic heterocycles. The van der Waals surface area contributed by atoms with E-state index in [1.54, 1.807) is 24.3 Å². The zero-order chi connectivity index (χ0) is 13.7. The Hall–Kier alpha value is -1.33. The van der Waals surface area contributed by atoms with Crippen molar-refractivity contribution >= 4 is 15.7 Å². The first-order valence-corrected chi connectivity index (χ1v) is 8.20. The highest BCUT2D eigenvalue weighted by Gasteiger charge is 2.12. The van der Waals surface area contributed by atoms with Crippen LogP contribution >= 0.6 is 0 Å². The van der Waals surface area contributed by atoms with Gasteiger partial charge in [-0.2, -0.15) is 0 Å². The zero-order valence-electron chi connectivity index (χ0n) is 10.9. The fourth-order valence-corrected chi connectivity index (χ4v) is 3.42. The highest BCUT2D eigenvalue weighted by Crippen LogP contribution is 2.20. The highest BCUT2D eigenvalue weighted by atomic mass is 32.2. The molecule has 1 aliphatic rings. The molecule has 3 N–H and O–H groups in total. The maximum Gasteiger partial charge on any atom is 0.215 e. The molecule has 2 rings (SSSR count). The predicted octanol–water partition coefficient (Wildman–Crippen LogP) is 2.19. The molecule has 1 aliphatic carbocycles. The fraction of sp³-hybridized carbons (Fsp3) is 0.429. The normalized spacial score (nSPS) is 15.5. The molecule has 1 aromatic rings. The SMILES string of the molecule is Nc1cccc(CS(=O)(=O)NCCC2=CCCC2)c1. The second-order valence-corrected chi connectivity index (χ2v) is 6.71. The van der Waals surface area contributed by atoms with Gasteiger partial charge in [0.15, 0.2) is 0 Å². The lowest BCUT2D eigenvalue weighted by Gasteiger charge is -2.07. The van der Waals surface area contributed by atoms with E-state index in [1.807, 2.05) is 0 Å². The molecule has 104 valence electrons. The van der Waals surface area contributed by atoms with Crippen LogP contribution in [0.4, 0.5) is 5.69 Å². The number of nitrogen functional groups attached to an aromatic ring is 1. The molecule has 0 aromatic heterocycles. The molecular formula is C14H20N2O2S. The molecule has 0 spiro atoms. The van der Waals surface area contributed by atoms with Crippen molar-refractivity contribution in [3.05, 3.63) is 41.5 Å². The van der Waals surface area contributed by atoms with Gasteiger partial charge in [-0.1, -0.05) is 23.8 Å². The molecule has 0 heterocycles. The van der Waals surface area contributed by atoms with Crippen molar-refractivity contribution in [1.29, 1.82) is 0 Å². The minimum Gasteiger partial charge on any atom is -0.399 e. The molecule has 0 bridgehead atoms. The summed E-state index contributed by atoms with van der Waals surface area (Å²) in [6.07, 6.45) is 6.47. The molecule has 4 nitrogen and oxygen atoms in total. The Morgan fingerprint density at radius 2 is 2.16 bits per heavy atom. The monoisotopic (exact) mass is 280 g/mol. The molecule has 5 heteroatoms. The van der Waals surface area contributed by atoms with Crippen molar-refractivity contribution in [2.24, 2.45) is 0 Å². The molecule has 0 unspecified atom stereocenters. The van der Waals surface area contributed by atoms with Crippen LogP contribution < -0.4 is 10.5 Å². The molecule has 1 aromatic carbocycles. The van der Waals surface area contributed by atoms with Crippen molar-refractivity contribution in [2.45, 2.75) is 31.4 Å². The van der Waals surface area contributed by atoms with Gasteiger partial charge >= 0.3 is 0 Å². The summed E-state index contributed by atoms with van der Waals surface area (Å²) in [5.74, 6) is -0.0168. The van der Waals surface area contributed by atoms with E-state index >= 15 is 0 Å². The number of hydrogen-bond acceptors (Lipinski definition) is 3. The summed E-state index contributed by atoms with van der Waals surface area (Å²) in [5, 5.41) is 0. The molecule has 19 heavy (non-hydrogen) atoms. The van der Waals surface area contributed by atoms with E-state index in [0.717, 1.165) is 19.3 Å². The third-order valence-corrected chi connectivity index (χ3v) is 4.57. The fourth-order valence-electron chi connectivity index (χ4n) is 2.28. The Balaban J connectivity index is 1.84. The van der Waals surface area contributed by atoms with Crippen molar-refractivity contribution in [1.82, 2.24) is 4.72 Å². The summed E-state index contributed by atoms with van der Waals surface area (Å²) < 4.78 is 26.5. The average Bonchev–Trinajstić information content (AvgIpc) is 2.81. The minimum absolute atomic E-state index is 0.0168. The Morgan fingerprint density at radius 1 is 1.32 bits per heavy atom. The molecule has 0 saturated carbocycles. The summed E-state index contributed by atoms with van der Waals surface area (Å²) in [7, 11) is -3.28. The van der Waals surface area contributed by atoms with Crippen LogP contribution in [-0.2, 0) is 15.8 Å². The average molecular weight is 280 g/mol. The Labute approximate surface area is 114 Å². The van der Waals surface area contributed by atoms with Gasteiger partial charge in [-0.15, -0.1) is 0 Å². The van der Waals surface area contributed by atoms with Gasteiger partial charge in [0.25, 0.3) is 0 Å². The summed E-state index contributed by atoms with van der Waals surface area (Å²) >= 11 is 0. The maximum absolute atomic E-state index is 11.9. The second-order valence-electron chi connectivity index (χ2n) is 4.90. The van der Waals surface area contributed by atoms with Gasteiger partial charge in [0.2, 0.25) is 10.0 Å². The predicted molar refractivity (Wildman–Crippen MR) is 78.0 cm³/mol. The number of anilines is 1. The highest BCUT2D eigenvalue weighted by molar-refractivity contribution is 7.88. The lowest BCUT2D eigenvalue weighted by molar-refractivity contribution is 0.580. The topological polar surface area (TPSA) is 72.2 Å². The zero-order valence-corrected chi connectivity index (χ0v) is 11.7. The Kier molecular flexibility index (Phi) is 4.61. The first-order valence-electron chi connectivity index (χ1n) is 6.55. The molecule has 0 radical (unpaired) electrons. The van der Waals surface area contributed by atoms with E-state index in [1.165, 1.54) is 12.0 Å². The summed E-state index contributed by atoms with van der Waals surface area (Å²) in [4.78, 5) is 0. The van der Waals surface area contributed by atoms with Crippen molar-refractivity contribution < 1.29 is 8.42 Å². The van der Waals surface area contributed by atoms with Crippen molar-refractivity contribution in [3.63, 3.8) is 0 Å². The largest absolute Gasteiger partial charge is 0.399 e. The van der Waals surface area contributed by atoms with E-state index in [9.17, 15) is 8.42 Å². The molecule has 0 atom stereocenters. The second kappa shape index (κ2) is 6.21. The van der Waals surface area contributed by atoms with Crippen LogP contribution in [0, 0.1) is 0 Å². The number of benzene rings is 1. The minimum atomic E-state index is -3.28. The third-order valence-electron chi connectivity index (χ3n) is 3.21. The van der Waals surface area contributed by atoms with Crippen LogP contribution in [-0.4, -0.2) is 15.0 Å². The van der Waals surface area contributed by atoms with Gasteiger partial charge in [0, 0.05) is 12.2 Å². The quantitative estimate of drug-likeness (QED) is 0.620. The molecule has 0 fully saturated rings. The van der Waals surface area contributed by atoms with Gasteiger partial charge in [0.1, 0.15) is 0 Å². The number of nitrogens with one attached hydrogen (secondary N) is 1. The lowest BCUT2D eigenvalue weighted by atomic mass is 10.2. The number of allylic oxidation sites excluding steroid dienone is 1. The summed E-state index contributed by atoms with van der Waals surface area (Å²) in [5.41, 5.74) is 8.31.